The van der Waals surface area contributed by atoms with Crippen molar-refractivity contribution in [2.45, 2.75) is 32.7 Å². The lowest BCUT2D eigenvalue weighted by Gasteiger charge is -2.21. The molecule has 0 aliphatic carbocycles. The summed E-state index contributed by atoms with van der Waals surface area (Å²) in [6, 6.07) is 7.33. The van der Waals surface area contributed by atoms with Crippen molar-refractivity contribution < 1.29 is 4.39 Å². The molecule has 0 bridgehead atoms. The molecule has 1 aromatic heterocycles. The van der Waals surface area contributed by atoms with E-state index in [4.69, 9.17) is 0 Å². The van der Waals surface area contributed by atoms with Gasteiger partial charge in [-0.1, -0.05) is 19.1 Å². The number of aryl methyl sites for hydroxylation is 1. The number of nitrogens with one attached hydrogen (secondary N) is 1. The summed E-state index contributed by atoms with van der Waals surface area (Å²) in [7, 11) is 0. The molecule has 0 aliphatic heterocycles. The molecule has 2 aromatic rings. The van der Waals surface area contributed by atoms with Gasteiger partial charge in [-0.2, -0.15) is 0 Å². The van der Waals surface area contributed by atoms with Gasteiger partial charge < -0.3 is 5.32 Å². The fourth-order valence-electron chi connectivity index (χ4n) is 2.38. The highest BCUT2D eigenvalue weighted by molar-refractivity contribution is 9.10. The summed E-state index contributed by atoms with van der Waals surface area (Å²) in [6.45, 7) is 5.14. The van der Waals surface area contributed by atoms with Gasteiger partial charge in [0.05, 0.1) is 4.47 Å². The Hall–Kier alpha value is -1.26. The van der Waals surface area contributed by atoms with Crippen molar-refractivity contribution in [2.24, 2.45) is 0 Å². The highest BCUT2D eigenvalue weighted by atomic mass is 79.9. The van der Waals surface area contributed by atoms with Crippen LogP contribution in [-0.2, 0) is 6.42 Å². The lowest BCUT2D eigenvalue weighted by molar-refractivity contribution is 0.522. The summed E-state index contributed by atoms with van der Waals surface area (Å²) < 4.78 is 14.2. The fraction of sp³-hybridized carbons (Fsp3) is 0.353. The first-order valence-electron chi connectivity index (χ1n) is 7.20. The summed E-state index contributed by atoms with van der Waals surface area (Å²) >= 11 is 3.35. The van der Waals surface area contributed by atoms with E-state index in [2.05, 4.69) is 40.1 Å². The van der Waals surface area contributed by atoms with Crippen molar-refractivity contribution >= 4 is 15.9 Å². The van der Waals surface area contributed by atoms with Crippen molar-refractivity contribution in [3.8, 4) is 0 Å². The number of hydrogen-bond donors (Lipinski definition) is 1. The van der Waals surface area contributed by atoms with E-state index in [1.54, 1.807) is 12.3 Å². The van der Waals surface area contributed by atoms with E-state index in [0.29, 0.717) is 4.47 Å². The SMILES string of the molecule is CCCNC(Cc1cccc(F)c1Br)c1cnccc1C. The van der Waals surface area contributed by atoms with Gasteiger partial charge in [0, 0.05) is 18.4 Å². The standard InChI is InChI=1S/C17H20BrFN2/c1-3-8-21-16(14-11-20-9-7-12(14)2)10-13-5-4-6-15(19)17(13)18/h4-7,9,11,16,21H,3,8,10H2,1-2H3. The Balaban J connectivity index is 2.28. The molecule has 2 rings (SSSR count). The summed E-state index contributed by atoms with van der Waals surface area (Å²) in [4.78, 5) is 4.23. The van der Waals surface area contributed by atoms with Crippen LogP contribution in [0.25, 0.3) is 0 Å². The first-order chi connectivity index (χ1) is 10.1. The van der Waals surface area contributed by atoms with Crippen LogP contribution in [0.1, 0.15) is 36.1 Å². The topological polar surface area (TPSA) is 24.9 Å². The maximum atomic E-state index is 13.7. The van der Waals surface area contributed by atoms with E-state index >= 15 is 0 Å². The Morgan fingerprint density at radius 1 is 1.33 bits per heavy atom. The molecular formula is C17H20BrFN2. The highest BCUT2D eigenvalue weighted by Crippen LogP contribution is 2.27. The monoisotopic (exact) mass is 350 g/mol. The molecule has 1 atom stereocenters. The molecular weight excluding hydrogens is 331 g/mol. The van der Waals surface area contributed by atoms with Crippen LogP contribution in [0.4, 0.5) is 4.39 Å². The second-order valence-electron chi connectivity index (χ2n) is 5.16. The Bertz CT molecular complexity index is 601. The van der Waals surface area contributed by atoms with Gasteiger partial charge >= 0.3 is 0 Å². The number of aromatic nitrogens is 1. The summed E-state index contributed by atoms with van der Waals surface area (Å²) in [5, 5.41) is 3.54. The molecule has 0 fully saturated rings. The lowest BCUT2D eigenvalue weighted by atomic mass is 9.97. The number of benzene rings is 1. The minimum atomic E-state index is -0.218. The molecule has 21 heavy (non-hydrogen) atoms. The summed E-state index contributed by atoms with van der Waals surface area (Å²) in [6.07, 6.45) is 5.48. The minimum Gasteiger partial charge on any atom is -0.310 e. The van der Waals surface area contributed by atoms with Crippen molar-refractivity contribution in [1.82, 2.24) is 10.3 Å². The van der Waals surface area contributed by atoms with Crippen molar-refractivity contribution in [3.63, 3.8) is 0 Å². The van der Waals surface area contributed by atoms with E-state index in [0.717, 1.165) is 24.9 Å². The molecule has 4 heteroatoms. The highest BCUT2D eigenvalue weighted by Gasteiger charge is 2.16. The van der Waals surface area contributed by atoms with Crippen LogP contribution in [0.5, 0.6) is 0 Å². The van der Waals surface area contributed by atoms with E-state index in [1.165, 1.54) is 17.2 Å². The molecule has 1 N–H and O–H groups in total. The number of halogens is 2. The van der Waals surface area contributed by atoms with Crippen molar-refractivity contribution in [1.29, 1.82) is 0 Å². The third-order valence-corrected chi connectivity index (χ3v) is 4.44. The van der Waals surface area contributed by atoms with Gasteiger partial charge in [0.2, 0.25) is 0 Å². The van der Waals surface area contributed by atoms with Crippen molar-refractivity contribution in [3.05, 3.63) is 63.6 Å². The third kappa shape index (κ3) is 4.11. The number of nitrogens with zero attached hydrogens (tertiary/aromatic N) is 1. The van der Waals surface area contributed by atoms with Gasteiger partial charge in [0.15, 0.2) is 0 Å². The normalized spacial score (nSPS) is 12.4. The number of hydrogen-bond acceptors (Lipinski definition) is 2. The molecule has 1 unspecified atom stereocenters. The molecule has 112 valence electrons. The Morgan fingerprint density at radius 2 is 2.14 bits per heavy atom. The van der Waals surface area contributed by atoms with E-state index < -0.39 is 0 Å². The maximum absolute atomic E-state index is 13.7. The fourth-order valence-corrected chi connectivity index (χ4v) is 2.80. The van der Waals surface area contributed by atoms with Gasteiger partial charge in [-0.3, -0.25) is 4.98 Å². The summed E-state index contributed by atoms with van der Waals surface area (Å²) in [5.41, 5.74) is 3.33. The van der Waals surface area contributed by atoms with Crippen LogP contribution in [-0.4, -0.2) is 11.5 Å². The predicted molar refractivity (Wildman–Crippen MR) is 87.8 cm³/mol. The van der Waals surface area contributed by atoms with Gasteiger partial charge in [0.25, 0.3) is 0 Å². The molecule has 0 amide bonds. The van der Waals surface area contributed by atoms with Crippen molar-refractivity contribution in [2.75, 3.05) is 6.54 Å². The lowest BCUT2D eigenvalue weighted by Crippen LogP contribution is -2.25. The smallest absolute Gasteiger partial charge is 0.137 e. The molecule has 0 radical (unpaired) electrons. The van der Waals surface area contributed by atoms with Crippen LogP contribution in [0.15, 0.2) is 41.1 Å². The Labute approximate surface area is 133 Å². The van der Waals surface area contributed by atoms with Gasteiger partial charge in [-0.15, -0.1) is 0 Å². The zero-order valence-corrected chi connectivity index (χ0v) is 14.0. The molecule has 0 spiro atoms. The van der Waals surface area contributed by atoms with E-state index in [-0.39, 0.29) is 11.9 Å². The average Bonchev–Trinajstić information content (AvgIpc) is 2.48. The molecule has 0 aliphatic rings. The quantitative estimate of drug-likeness (QED) is 0.824. The van der Waals surface area contributed by atoms with Crippen LogP contribution < -0.4 is 5.32 Å². The first kappa shape index (κ1) is 16.1. The van der Waals surface area contributed by atoms with Crippen LogP contribution in [0.2, 0.25) is 0 Å². The maximum Gasteiger partial charge on any atom is 0.137 e. The van der Waals surface area contributed by atoms with Crippen LogP contribution in [0.3, 0.4) is 0 Å². The third-order valence-electron chi connectivity index (χ3n) is 3.55. The largest absolute Gasteiger partial charge is 0.310 e. The van der Waals surface area contributed by atoms with Crippen LogP contribution in [0, 0.1) is 12.7 Å². The van der Waals surface area contributed by atoms with Crippen LogP contribution >= 0.6 is 15.9 Å². The number of pyridine rings is 1. The molecule has 1 heterocycles. The summed E-state index contributed by atoms with van der Waals surface area (Å²) in [5.74, 6) is -0.218. The zero-order chi connectivity index (χ0) is 15.2. The molecule has 0 saturated heterocycles. The zero-order valence-electron chi connectivity index (χ0n) is 12.4. The number of rotatable bonds is 6. The van der Waals surface area contributed by atoms with E-state index in [9.17, 15) is 4.39 Å². The molecule has 1 aromatic carbocycles. The predicted octanol–water partition coefficient (Wildman–Crippen LogP) is 4.58. The molecule has 0 saturated carbocycles. The second-order valence-corrected chi connectivity index (χ2v) is 5.95. The molecule has 2 nitrogen and oxygen atoms in total. The second kappa shape index (κ2) is 7.66. The average molecular weight is 351 g/mol. The van der Waals surface area contributed by atoms with Gasteiger partial charge in [-0.25, -0.2) is 4.39 Å². The Morgan fingerprint density at radius 3 is 2.86 bits per heavy atom. The van der Waals surface area contributed by atoms with E-state index in [1.807, 2.05) is 18.3 Å². The Kier molecular flexibility index (Phi) is 5.88. The minimum absolute atomic E-state index is 0.136. The van der Waals surface area contributed by atoms with Gasteiger partial charge in [0.1, 0.15) is 5.82 Å². The first-order valence-corrected chi connectivity index (χ1v) is 7.99. The van der Waals surface area contributed by atoms with Gasteiger partial charge in [-0.05, 0) is 71.1 Å².